The molecular formula is C20H18BrClF3NO2. The van der Waals surface area contributed by atoms with Crippen molar-refractivity contribution in [3.63, 3.8) is 0 Å². The maximum Gasteiger partial charge on any atom is 0.417 e. The first kappa shape index (κ1) is 21.1. The van der Waals surface area contributed by atoms with Crippen LogP contribution in [0.1, 0.15) is 35.6 Å². The van der Waals surface area contributed by atoms with E-state index >= 15 is 0 Å². The van der Waals surface area contributed by atoms with E-state index in [0.29, 0.717) is 24.9 Å². The van der Waals surface area contributed by atoms with Crippen LogP contribution in [0, 0.1) is 5.92 Å². The minimum atomic E-state index is -4.57. The molecule has 3 rings (SSSR count). The van der Waals surface area contributed by atoms with Crippen LogP contribution in [0.5, 0.6) is 0 Å². The van der Waals surface area contributed by atoms with Crippen molar-refractivity contribution in [2.75, 3.05) is 13.1 Å². The number of piperidine rings is 1. The van der Waals surface area contributed by atoms with E-state index in [-0.39, 0.29) is 11.6 Å². The zero-order valence-electron chi connectivity index (χ0n) is 14.7. The average molecular weight is 477 g/mol. The molecule has 0 bridgehead atoms. The Morgan fingerprint density at radius 3 is 2.43 bits per heavy atom. The zero-order chi connectivity index (χ0) is 20.5. The van der Waals surface area contributed by atoms with Gasteiger partial charge < -0.3 is 5.11 Å². The number of alkyl halides is 3. The average Bonchev–Trinajstić information content (AvgIpc) is 2.64. The number of benzene rings is 2. The van der Waals surface area contributed by atoms with Crippen molar-refractivity contribution in [1.29, 1.82) is 0 Å². The molecule has 1 saturated heterocycles. The molecule has 8 heteroatoms. The first-order valence-corrected chi connectivity index (χ1v) is 9.93. The molecular weight excluding hydrogens is 459 g/mol. The van der Waals surface area contributed by atoms with Crippen molar-refractivity contribution >= 4 is 33.5 Å². The molecule has 0 saturated carbocycles. The molecule has 0 aromatic heterocycles. The summed E-state index contributed by atoms with van der Waals surface area (Å²) in [5.41, 5.74) is 0.343. The summed E-state index contributed by atoms with van der Waals surface area (Å²) in [6.07, 6.45) is -3.33. The second-order valence-electron chi connectivity index (χ2n) is 6.86. The third-order valence-corrected chi connectivity index (χ3v) is 5.82. The van der Waals surface area contributed by atoms with Crippen molar-refractivity contribution in [3.05, 3.63) is 68.7 Å². The molecule has 2 aromatic rings. The van der Waals surface area contributed by atoms with Gasteiger partial charge >= 0.3 is 12.1 Å². The third kappa shape index (κ3) is 4.70. The summed E-state index contributed by atoms with van der Waals surface area (Å²) >= 11 is 9.15. The number of nitrogens with zero attached hydrogens (tertiary/aromatic N) is 1. The normalized spacial score (nSPS) is 19.4. The summed E-state index contributed by atoms with van der Waals surface area (Å²) in [5, 5.41) is 9.05. The van der Waals surface area contributed by atoms with E-state index in [2.05, 4.69) is 15.9 Å². The fraction of sp³-hybridized carbons (Fsp3) is 0.350. The summed E-state index contributed by atoms with van der Waals surface area (Å²) in [4.78, 5) is 13.4. The summed E-state index contributed by atoms with van der Waals surface area (Å²) in [6, 6.07) is 10.7. The minimum absolute atomic E-state index is 0.278. The SMILES string of the molecule is O=C(O)C1CCCN(C(c2ccc(Br)cc2)c2ccc(Cl)c(C(F)(F)F)c2)C1. The summed E-state index contributed by atoms with van der Waals surface area (Å²) in [7, 11) is 0. The number of aliphatic carboxylic acids is 1. The molecule has 0 spiro atoms. The molecule has 150 valence electrons. The van der Waals surface area contributed by atoms with Gasteiger partial charge in [0.25, 0.3) is 0 Å². The number of carboxylic acid groups (broad SMARTS) is 1. The van der Waals surface area contributed by atoms with E-state index < -0.39 is 29.7 Å². The van der Waals surface area contributed by atoms with Crippen LogP contribution in [0.25, 0.3) is 0 Å². The predicted molar refractivity (Wildman–Crippen MR) is 104 cm³/mol. The van der Waals surface area contributed by atoms with E-state index in [4.69, 9.17) is 11.6 Å². The van der Waals surface area contributed by atoms with Crippen molar-refractivity contribution in [3.8, 4) is 0 Å². The molecule has 2 aromatic carbocycles. The highest BCUT2D eigenvalue weighted by Crippen LogP contribution is 2.39. The third-order valence-electron chi connectivity index (χ3n) is 4.96. The van der Waals surface area contributed by atoms with Gasteiger partial charge in [0.1, 0.15) is 0 Å². The Kier molecular flexibility index (Phi) is 6.37. The monoisotopic (exact) mass is 475 g/mol. The van der Waals surface area contributed by atoms with Crippen molar-refractivity contribution in [1.82, 2.24) is 4.90 Å². The van der Waals surface area contributed by atoms with Gasteiger partial charge in [0.05, 0.1) is 22.5 Å². The lowest BCUT2D eigenvalue weighted by molar-refractivity contribution is -0.143. The molecule has 2 atom stereocenters. The molecule has 2 unspecified atom stereocenters. The summed E-state index contributed by atoms with van der Waals surface area (Å²) < 4.78 is 41.0. The van der Waals surface area contributed by atoms with E-state index in [1.807, 2.05) is 29.2 Å². The van der Waals surface area contributed by atoms with Crippen LogP contribution < -0.4 is 0 Å². The molecule has 1 fully saturated rings. The number of carboxylic acids is 1. The Morgan fingerprint density at radius 2 is 1.82 bits per heavy atom. The van der Waals surface area contributed by atoms with Crippen LogP contribution in [-0.2, 0) is 11.0 Å². The van der Waals surface area contributed by atoms with Gasteiger partial charge in [-0.05, 0) is 54.8 Å². The maximum absolute atomic E-state index is 13.4. The Hall–Kier alpha value is -1.57. The first-order valence-electron chi connectivity index (χ1n) is 8.76. The molecule has 1 aliphatic rings. The highest BCUT2D eigenvalue weighted by atomic mass is 79.9. The Bertz CT molecular complexity index is 858. The smallest absolute Gasteiger partial charge is 0.417 e. The maximum atomic E-state index is 13.4. The van der Waals surface area contributed by atoms with Crippen LogP contribution in [0.4, 0.5) is 13.2 Å². The molecule has 3 nitrogen and oxygen atoms in total. The van der Waals surface area contributed by atoms with Gasteiger partial charge in [0, 0.05) is 11.0 Å². The largest absolute Gasteiger partial charge is 0.481 e. The molecule has 0 amide bonds. The van der Waals surface area contributed by atoms with Crippen molar-refractivity contribution in [2.24, 2.45) is 5.92 Å². The number of halogens is 5. The molecule has 1 aliphatic heterocycles. The molecule has 0 radical (unpaired) electrons. The lowest BCUT2D eigenvalue weighted by atomic mass is 9.91. The van der Waals surface area contributed by atoms with E-state index in [1.165, 1.54) is 6.07 Å². The molecule has 0 aliphatic carbocycles. The van der Waals surface area contributed by atoms with Crippen molar-refractivity contribution < 1.29 is 23.1 Å². The first-order chi connectivity index (χ1) is 13.2. The summed E-state index contributed by atoms with van der Waals surface area (Å²) in [6.45, 7) is 0.883. The number of hydrogen-bond donors (Lipinski definition) is 1. The highest BCUT2D eigenvalue weighted by Gasteiger charge is 2.36. The standard InChI is InChI=1S/C20H18BrClF3NO2/c21-15-6-3-12(4-7-15)18(26-9-1-2-14(11-26)19(27)28)13-5-8-17(22)16(10-13)20(23,24)25/h3-8,10,14,18H,1-2,9,11H2,(H,27,28). The van der Waals surface area contributed by atoms with Crippen LogP contribution in [0.15, 0.2) is 46.9 Å². The van der Waals surface area contributed by atoms with Crippen LogP contribution in [-0.4, -0.2) is 29.1 Å². The molecule has 1 N–H and O–H groups in total. The number of rotatable bonds is 4. The lowest BCUT2D eigenvalue weighted by Gasteiger charge is -2.38. The van der Waals surface area contributed by atoms with Gasteiger partial charge in [-0.3, -0.25) is 9.69 Å². The second-order valence-corrected chi connectivity index (χ2v) is 8.19. The predicted octanol–water partition coefficient (Wildman–Crippen LogP) is 6.01. The van der Waals surface area contributed by atoms with Gasteiger partial charge in [-0.1, -0.05) is 45.7 Å². The highest BCUT2D eigenvalue weighted by molar-refractivity contribution is 9.10. The fourth-order valence-corrected chi connectivity index (χ4v) is 4.12. The fourth-order valence-electron chi connectivity index (χ4n) is 3.63. The Labute approximate surface area is 174 Å². The van der Waals surface area contributed by atoms with E-state index in [9.17, 15) is 23.1 Å². The zero-order valence-corrected chi connectivity index (χ0v) is 17.1. The van der Waals surface area contributed by atoms with Gasteiger partial charge in [0.2, 0.25) is 0 Å². The van der Waals surface area contributed by atoms with Crippen LogP contribution >= 0.6 is 27.5 Å². The van der Waals surface area contributed by atoms with Gasteiger partial charge in [-0.15, -0.1) is 0 Å². The lowest BCUT2D eigenvalue weighted by Crippen LogP contribution is -2.41. The number of hydrogen-bond acceptors (Lipinski definition) is 2. The van der Waals surface area contributed by atoms with Crippen LogP contribution in [0.2, 0.25) is 5.02 Å². The summed E-state index contributed by atoms with van der Waals surface area (Å²) in [5.74, 6) is -1.42. The van der Waals surface area contributed by atoms with E-state index in [0.717, 1.165) is 16.1 Å². The van der Waals surface area contributed by atoms with Gasteiger partial charge in [-0.25, -0.2) is 0 Å². The second kappa shape index (κ2) is 8.43. The van der Waals surface area contributed by atoms with Crippen LogP contribution in [0.3, 0.4) is 0 Å². The topological polar surface area (TPSA) is 40.5 Å². The Morgan fingerprint density at radius 1 is 1.18 bits per heavy atom. The van der Waals surface area contributed by atoms with E-state index in [1.54, 1.807) is 6.07 Å². The quantitative estimate of drug-likeness (QED) is 0.588. The number of carbonyl (C=O) groups is 1. The Balaban J connectivity index is 2.07. The van der Waals surface area contributed by atoms with Crippen molar-refractivity contribution in [2.45, 2.75) is 25.1 Å². The van der Waals surface area contributed by atoms with Gasteiger partial charge in [-0.2, -0.15) is 13.2 Å². The molecule has 1 heterocycles. The number of likely N-dealkylation sites (tertiary alicyclic amines) is 1. The van der Waals surface area contributed by atoms with Gasteiger partial charge in [0.15, 0.2) is 0 Å². The minimum Gasteiger partial charge on any atom is -0.481 e. The molecule has 28 heavy (non-hydrogen) atoms.